The number of phenolic OH excluding ortho intramolecular Hbond substituents is 1. The first kappa shape index (κ1) is 14.6. The number of benzene rings is 2. The largest absolute Gasteiger partial charge is 0.508 e. The third-order valence-corrected chi connectivity index (χ3v) is 3.89. The predicted molar refractivity (Wildman–Crippen MR) is 80.8 cm³/mol. The summed E-state index contributed by atoms with van der Waals surface area (Å²) >= 11 is 0. The van der Waals surface area contributed by atoms with Crippen LogP contribution in [-0.2, 0) is 11.8 Å². The van der Waals surface area contributed by atoms with Crippen LogP contribution in [0.1, 0.15) is 16.7 Å². The number of nitrogens with two attached hydrogens (primary N) is 1. The van der Waals surface area contributed by atoms with E-state index in [1.165, 1.54) is 0 Å². The zero-order valence-electron chi connectivity index (χ0n) is 11.7. The van der Waals surface area contributed by atoms with Gasteiger partial charge in [0.05, 0.1) is 6.61 Å². The molecule has 1 atom stereocenters. The molecule has 0 aliphatic rings. The molecule has 1 unspecified atom stereocenters. The summed E-state index contributed by atoms with van der Waals surface area (Å²) in [5, 5.41) is 19.3. The maximum absolute atomic E-state index is 9.94. The van der Waals surface area contributed by atoms with Crippen molar-refractivity contribution in [2.75, 3.05) is 13.2 Å². The van der Waals surface area contributed by atoms with Gasteiger partial charge in [0.25, 0.3) is 0 Å². The van der Waals surface area contributed by atoms with Crippen molar-refractivity contribution in [1.29, 1.82) is 0 Å². The van der Waals surface area contributed by atoms with Crippen molar-refractivity contribution in [1.82, 2.24) is 0 Å². The molecule has 106 valence electrons. The van der Waals surface area contributed by atoms with Gasteiger partial charge in [-0.2, -0.15) is 0 Å². The fraction of sp³-hybridized carbons (Fsp3) is 0.294. The van der Waals surface area contributed by atoms with Gasteiger partial charge in [-0.05, 0) is 42.2 Å². The van der Waals surface area contributed by atoms with Gasteiger partial charge >= 0.3 is 0 Å². The Morgan fingerprint density at radius 3 is 2.25 bits per heavy atom. The number of hydrogen-bond donors (Lipinski definition) is 3. The first-order chi connectivity index (χ1) is 9.61. The van der Waals surface area contributed by atoms with Crippen molar-refractivity contribution >= 4 is 0 Å². The monoisotopic (exact) mass is 271 g/mol. The number of aliphatic hydroxyl groups is 1. The van der Waals surface area contributed by atoms with Gasteiger partial charge in [-0.1, -0.05) is 36.4 Å². The normalized spacial score (nSPS) is 13.9. The van der Waals surface area contributed by atoms with E-state index < -0.39 is 5.41 Å². The lowest BCUT2D eigenvalue weighted by atomic mass is 9.74. The van der Waals surface area contributed by atoms with Gasteiger partial charge in [-0.15, -0.1) is 0 Å². The first-order valence-electron chi connectivity index (χ1n) is 6.76. The molecule has 0 amide bonds. The molecule has 0 bridgehead atoms. The number of aryl methyl sites for hydroxylation is 1. The molecule has 0 spiro atoms. The molecule has 0 radical (unpaired) electrons. The minimum absolute atomic E-state index is 0.00473. The molecule has 0 heterocycles. The van der Waals surface area contributed by atoms with Gasteiger partial charge in [-0.3, -0.25) is 0 Å². The van der Waals surface area contributed by atoms with Gasteiger partial charge in [0.2, 0.25) is 0 Å². The summed E-state index contributed by atoms with van der Waals surface area (Å²) in [4.78, 5) is 0. The van der Waals surface area contributed by atoms with Crippen LogP contribution in [0.4, 0.5) is 0 Å². The van der Waals surface area contributed by atoms with E-state index in [9.17, 15) is 10.2 Å². The Balaban J connectivity index is 2.39. The third-order valence-electron chi connectivity index (χ3n) is 3.89. The summed E-state index contributed by atoms with van der Waals surface area (Å²) in [6, 6.07) is 15.1. The SMILES string of the molecule is Cc1ccccc1C(CN)(CO)Cc1ccc(O)cc1. The average Bonchev–Trinajstić information content (AvgIpc) is 2.48. The number of phenols is 1. The second kappa shape index (κ2) is 6.07. The molecule has 0 saturated carbocycles. The van der Waals surface area contributed by atoms with Crippen LogP contribution in [0.15, 0.2) is 48.5 Å². The Labute approximate surface area is 119 Å². The van der Waals surface area contributed by atoms with Crippen LogP contribution >= 0.6 is 0 Å². The van der Waals surface area contributed by atoms with Crippen LogP contribution in [-0.4, -0.2) is 23.4 Å². The van der Waals surface area contributed by atoms with Crippen LogP contribution in [0, 0.1) is 6.92 Å². The van der Waals surface area contributed by atoms with E-state index in [4.69, 9.17) is 5.73 Å². The number of aliphatic hydroxyl groups excluding tert-OH is 1. The summed E-state index contributed by atoms with van der Waals surface area (Å²) in [7, 11) is 0. The van der Waals surface area contributed by atoms with E-state index in [0.717, 1.165) is 16.7 Å². The van der Waals surface area contributed by atoms with Crippen molar-refractivity contribution in [2.45, 2.75) is 18.8 Å². The topological polar surface area (TPSA) is 66.5 Å². The molecule has 0 aliphatic heterocycles. The molecule has 2 aromatic rings. The predicted octanol–water partition coefficient (Wildman–Crippen LogP) is 2.13. The van der Waals surface area contributed by atoms with Crippen LogP contribution in [0.25, 0.3) is 0 Å². The van der Waals surface area contributed by atoms with E-state index in [1.807, 2.05) is 43.3 Å². The molecular weight excluding hydrogens is 250 g/mol. The number of rotatable bonds is 5. The van der Waals surface area contributed by atoms with E-state index >= 15 is 0 Å². The minimum atomic E-state index is -0.484. The van der Waals surface area contributed by atoms with E-state index in [0.29, 0.717) is 13.0 Å². The molecule has 2 rings (SSSR count). The van der Waals surface area contributed by atoms with Gasteiger partial charge in [0.1, 0.15) is 5.75 Å². The van der Waals surface area contributed by atoms with Crippen molar-refractivity contribution in [2.24, 2.45) is 5.73 Å². The molecule has 0 aromatic heterocycles. The fourth-order valence-corrected chi connectivity index (χ4v) is 2.66. The maximum Gasteiger partial charge on any atom is 0.115 e. The molecule has 3 nitrogen and oxygen atoms in total. The third kappa shape index (κ3) is 2.84. The summed E-state index contributed by atoms with van der Waals surface area (Å²) in [5.74, 6) is 0.243. The molecule has 0 fully saturated rings. The Morgan fingerprint density at radius 2 is 1.70 bits per heavy atom. The average molecular weight is 271 g/mol. The van der Waals surface area contributed by atoms with Crippen LogP contribution in [0.5, 0.6) is 5.75 Å². The molecular formula is C17H21NO2. The van der Waals surface area contributed by atoms with Crippen LogP contribution in [0.3, 0.4) is 0 Å². The lowest BCUT2D eigenvalue weighted by Gasteiger charge is -2.32. The standard InChI is InChI=1S/C17H21NO2/c1-13-4-2-3-5-16(13)17(11-18,12-19)10-14-6-8-15(20)9-7-14/h2-9,19-20H,10-12,18H2,1H3. The summed E-state index contributed by atoms with van der Waals surface area (Å²) in [6.45, 7) is 2.40. The molecule has 0 aliphatic carbocycles. The lowest BCUT2D eigenvalue weighted by molar-refractivity contribution is 0.195. The highest BCUT2D eigenvalue weighted by Crippen LogP contribution is 2.30. The number of aromatic hydroxyl groups is 1. The molecule has 2 aromatic carbocycles. The molecule has 0 saturated heterocycles. The molecule has 4 N–H and O–H groups in total. The zero-order chi connectivity index (χ0) is 14.6. The smallest absolute Gasteiger partial charge is 0.115 e. The first-order valence-corrected chi connectivity index (χ1v) is 6.76. The van der Waals surface area contributed by atoms with Gasteiger partial charge < -0.3 is 15.9 Å². The Hall–Kier alpha value is -1.84. The van der Waals surface area contributed by atoms with Crippen LogP contribution in [0.2, 0.25) is 0 Å². The quantitative estimate of drug-likeness (QED) is 0.780. The Bertz CT molecular complexity index is 559. The van der Waals surface area contributed by atoms with Crippen molar-refractivity contribution in [3.63, 3.8) is 0 Å². The van der Waals surface area contributed by atoms with Gasteiger partial charge in [-0.25, -0.2) is 0 Å². The Kier molecular flexibility index (Phi) is 4.42. The highest BCUT2D eigenvalue weighted by molar-refractivity contribution is 5.37. The van der Waals surface area contributed by atoms with Crippen LogP contribution < -0.4 is 5.73 Å². The second-order valence-electron chi connectivity index (χ2n) is 5.30. The summed E-state index contributed by atoms with van der Waals surface area (Å²) < 4.78 is 0. The van der Waals surface area contributed by atoms with E-state index in [2.05, 4.69) is 0 Å². The van der Waals surface area contributed by atoms with Crippen molar-refractivity contribution < 1.29 is 10.2 Å². The van der Waals surface area contributed by atoms with E-state index in [1.54, 1.807) is 12.1 Å². The molecule has 20 heavy (non-hydrogen) atoms. The second-order valence-corrected chi connectivity index (χ2v) is 5.30. The minimum Gasteiger partial charge on any atom is -0.508 e. The van der Waals surface area contributed by atoms with Crippen molar-refractivity contribution in [3.8, 4) is 5.75 Å². The highest BCUT2D eigenvalue weighted by atomic mass is 16.3. The van der Waals surface area contributed by atoms with E-state index in [-0.39, 0.29) is 12.4 Å². The maximum atomic E-state index is 9.94. The van der Waals surface area contributed by atoms with Gasteiger partial charge in [0, 0.05) is 12.0 Å². The van der Waals surface area contributed by atoms with Crippen molar-refractivity contribution in [3.05, 3.63) is 65.2 Å². The van der Waals surface area contributed by atoms with Gasteiger partial charge in [0.15, 0.2) is 0 Å². The fourth-order valence-electron chi connectivity index (χ4n) is 2.66. The summed E-state index contributed by atoms with van der Waals surface area (Å²) in [6.07, 6.45) is 0.644. The summed E-state index contributed by atoms with van der Waals surface area (Å²) in [5.41, 5.74) is 8.76. The lowest BCUT2D eigenvalue weighted by Crippen LogP contribution is -2.41. The number of hydrogen-bond acceptors (Lipinski definition) is 3. The highest BCUT2D eigenvalue weighted by Gasteiger charge is 2.31. The zero-order valence-corrected chi connectivity index (χ0v) is 11.7. The Morgan fingerprint density at radius 1 is 1.05 bits per heavy atom. The molecule has 3 heteroatoms.